The van der Waals surface area contributed by atoms with Crippen LogP contribution in [0.3, 0.4) is 0 Å². The van der Waals surface area contributed by atoms with Gasteiger partial charge in [-0.1, -0.05) is 30.3 Å². The molecule has 0 aromatic heterocycles. The second-order valence-corrected chi connectivity index (χ2v) is 6.58. The van der Waals surface area contributed by atoms with Gasteiger partial charge in [-0.3, -0.25) is 14.5 Å². The van der Waals surface area contributed by atoms with Crippen molar-refractivity contribution in [2.45, 2.75) is 19.0 Å². The molecule has 1 N–H and O–H groups in total. The maximum Gasteiger partial charge on any atom is 0.258 e. The van der Waals surface area contributed by atoms with Gasteiger partial charge in [-0.05, 0) is 24.1 Å². The molecule has 0 spiro atoms. The molecular weight excluding hydrogens is 344 g/mol. The fraction of sp³-hybridized carbons (Fsp3) is 0.333. The number of benzene rings is 2. The van der Waals surface area contributed by atoms with Gasteiger partial charge in [0.25, 0.3) is 5.91 Å². The van der Waals surface area contributed by atoms with Crippen LogP contribution in [0.2, 0.25) is 0 Å². The lowest BCUT2D eigenvalue weighted by Gasteiger charge is -2.17. The minimum Gasteiger partial charge on any atom is -0.496 e. The highest BCUT2D eigenvalue weighted by Gasteiger charge is 2.23. The Balaban J connectivity index is 1.44. The van der Waals surface area contributed by atoms with Crippen molar-refractivity contribution >= 4 is 12.2 Å². The van der Waals surface area contributed by atoms with Gasteiger partial charge < -0.3 is 14.8 Å². The first-order chi connectivity index (χ1) is 13.2. The molecule has 0 saturated carbocycles. The quantitative estimate of drug-likeness (QED) is 0.724. The SMILES string of the molecule is COc1cc(OCC(=O)N[C@@H]2CCN(Cc3ccccc3)C2)ccc1C=O. The number of ether oxygens (including phenoxy) is 2. The summed E-state index contributed by atoms with van der Waals surface area (Å²) >= 11 is 0. The molecule has 3 rings (SSSR count). The van der Waals surface area contributed by atoms with Crippen molar-refractivity contribution in [3.63, 3.8) is 0 Å². The molecule has 2 aromatic carbocycles. The molecule has 1 aliphatic rings. The highest BCUT2D eigenvalue weighted by atomic mass is 16.5. The third kappa shape index (κ3) is 5.31. The number of aldehydes is 1. The molecule has 1 atom stereocenters. The zero-order valence-corrected chi connectivity index (χ0v) is 15.4. The van der Waals surface area contributed by atoms with Crippen molar-refractivity contribution in [2.24, 2.45) is 0 Å². The highest BCUT2D eigenvalue weighted by Crippen LogP contribution is 2.23. The summed E-state index contributed by atoms with van der Waals surface area (Å²) < 4.78 is 10.7. The molecule has 6 nitrogen and oxygen atoms in total. The van der Waals surface area contributed by atoms with Gasteiger partial charge in [0.2, 0.25) is 0 Å². The van der Waals surface area contributed by atoms with Gasteiger partial charge in [0.05, 0.1) is 12.7 Å². The Bertz CT molecular complexity index is 779. The molecule has 142 valence electrons. The van der Waals surface area contributed by atoms with E-state index in [9.17, 15) is 9.59 Å². The Morgan fingerprint density at radius 1 is 1.26 bits per heavy atom. The molecule has 1 amide bonds. The number of nitrogens with one attached hydrogen (secondary N) is 1. The lowest BCUT2D eigenvalue weighted by molar-refractivity contribution is -0.123. The summed E-state index contributed by atoms with van der Waals surface area (Å²) in [6.07, 6.45) is 1.65. The average Bonchev–Trinajstić information content (AvgIpc) is 3.13. The van der Waals surface area contributed by atoms with Crippen molar-refractivity contribution in [2.75, 3.05) is 26.8 Å². The fourth-order valence-corrected chi connectivity index (χ4v) is 3.23. The second-order valence-electron chi connectivity index (χ2n) is 6.58. The predicted molar refractivity (Wildman–Crippen MR) is 102 cm³/mol. The van der Waals surface area contributed by atoms with E-state index in [2.05, 4.69) is 22.3 Å². The van der Waals surface area contributed by atoms with Crippen molar-refractivity contribution in [1.82, 2.24) is 10.2 Å². The molecule has 1 heterocycles. The minimum atomic E-state index is -0.153. The summed E-state index contributed by atoms with van der Waals surface area (Å²) in [6, 6.07) is 15.3. The van der Waals surface area contributed by atoms with Crippen LogP contribution < -0.4 is 14.8 Å². The Morgan fingerprint density at radius 3 is 2.81 bits per heavy atom. The maximum atomic E-state index is 12.2. The van der Waals surface area contributed by atoms with Crippen LogP contribution in [-0.2, 0) is 11.3 Å². The normalized spacial score (nSPS) is 16.7. The van der Waals surface area contributed by atoms with E-state index in [1.807, 2.05) is 18.2 Å². The molecule has 0 bridgehead atoms. The third-order valence-electron chi connectivity index (χ3n) is 4.59. The summed E-state index contributed by atoms with van der Waals surface area (Å²) in [5, 5.41) is 3.02. The van der Waals surface area contributed by atoms with Gasteiger partial charge >= 0.3 is 0 Å². The summed E-state index contributed by atoms with van der Waals surface area (Å²) in [7, 11) is 1.49. The molecule has 2 aromatic rings. The minimum absolute atomic E-state index is 0.0707. The Kier molecular flexibility index (Phi) is 6.44. The molecular formula is C21H24N2O4. The number of hydrogen-bond donors (Lipinski definition) is 1. The lowest BCUT2D eigenvalue weighted by Crippen LogP contribution is -2.39. The number of methoxy groups -OCH3 is 1. The summed E-state index contributed by atoms with van der Waals surface area (Å²) in [6.45, 7) is 2.62. The maximum absolute atomic E-state index is 12.2. The van der Waals surface area contributed by atoms with Crippen LogP contribution in [0.4, 0.5) is 0 Å². The molecule has 0 radical (unpaired) electrons. The van der Waals surface area contributed by atoms with Crippen LogP contribution in [0.15, 0.2) is 48.5 Å². The van der Waals surface area contributed by atoms with E-state index in [0.717, 1.165) is 32.3 Å². The van der Waals surface area contributed by atoms with Gasteiger partial charge in [-0.25, -0.2) is 0 Å². The first kappa shape index (κ1) is 18.9. The molecule has 0 unspecified atom stereocenters. The highest BCUT2D eigenvalue weighted by molar-refractivity contribution is 5.80. The zero-order chi connectivity index (χ0) is 19.1. The van der Waals surface area contributed by atoms with E-state index in [0.29, 0.717) is 17.1 Å². The van der Waals surface area contributed by atoms with E-state index >= 15 is 0 Å². The first-order valence-corrected chi connectivity index (χ1v) is 8.99. The first-order valence-electron chi connectivity index (χ1n) is 8.99. The van der Waals surface area contributed by atoms with E-state index < -0.39 is 0 Å². The zero-order valence-electron chi connectivity index (χ0n) is 15.4. The van der Waals surface area contributed by atoms with Crippen LogP contribution in [-0.4, -0.2) is 49.9 Å². The molecule has 6 heteroatoms. The number of likely N-dealkylation sites (tertiary alicyclic amines) is 1. The molecule has 1 fully saturated rings. The third-order valence-corrected chi connectivity index (χ3v) is 4.59. The number of rotatable bonds is 8. The van der Waals surface area contributed by atoms with Crippen LogP contribution in [0.25, 0.3) is 0 Å². The summed E-state index contributed by atoms with van der Waals surface area (Å²) in [5.41, 5.74) is 1.72. The Labute approximate surface area is 159 Å². The van der Waals surface area contributed by atoms with Crippen LogP contribution in [0.5, 0.6) is 11.5 Å². The molecule has 27 heavy (non-hydrogen) atoms. The molecule has 0 aliphatic carbocycles. The van der Waals surface area contributed by atoms with Crippen molar-refractivity contribution < 1.29 is 19.1 Å². The smallest absolute Gasteiger partial charge is 0.258 e. The second kappa shape index (κ2) is 9.19. The van der Waals surface area contributed by atoms with Gasteiger partial charge in [-0.15, -0.1) is 0 Å². The van der Waals surface area contributed by atoms with Crippen LogP contribution in [0, 0.1) is 0 Å². The fourth-order valence-electron chi connectivity index (χ4n) is 3.23. The van der Waals surface area contributed by atoms with Crippen molar-refractivity contribution in [3.05, 3.63) is 59.7 Å². The van der Waals surface area contributed by atoms with E-state index in [-0.39, 0.29) is 18.6 Å². The van der Waals surface area contributed by atoms with E-state index in [4.69, 9.17) is 9.47 Å². The van der Waals surface area contributed by atoms with Gasteiger partial charge in [0, 0.05) is 31.7 Å². The van der Waals surface area contributed by atoms with Crippen LogP contribution >= 0.6 is 0 Å². The summed E-state index contributed by atoms with van der Waals surface area (Å²) in [5.74, 6) is 0.764. The van der Waals surface area contributed by atoms with E-state index in [1.165, 1.54) is 12.7 Å². The summed E-state index contributed by atoms with van der Waals surface area (Å²) in [4.78, 5) is 25.4. The lowest BCUT2D eigenvalue weighted by atomic mass is 10.2. The Hall–Kier alpha value is -2.86. The number of nitrogens with zero attached hydrogens (tertiary/aromatic N) is 1. The molecule has 1 saturated heterocycles. The van der Waals surface area contributed by atoms with Gasteiger partial charge in [0.1, 0.15) is 11.5 Å². The predicted octanol–water partition coefficient (Wildman–Crippen LogP) is 2.28. The monoisotopic (exact) mass is 368 g/mol. The van der Waals surface area contributed by atoms with Gasteiger partial charge in [0.15, 0.2) is 12.9 Å². The number of amides is 1. The topological polar surface area (TPSA) is 67.9 Å². The number of hydrogen-bond acceptors (Lipinski definition) is 5. The molecule has 1 aliphatic heterocycles. The van der Waals surface area contributed by atoms with Gasteiger partial charge in [-0.2, -0.15) is 0 Å². The number of carbonyl (C=O) groups excluding carboxylic acids is 2. The Morgan fingerprint density at radius 2 is 2.07 bits per heavy atom. The average molecular weight is 368 g/mol. The number of carbonyl (C=O) groups is 2. The van der Waals surface area contributed by atoms with Crippen LogP contribution in [0.1, 0.15) is 22.3 Å². The largest absolute Gasteiger partial charge is 0.496 e. The van der Waals surface area contributed by atoms with E-state index in [1.54, 1.807) is 18.2 Å². The van der Waals surface area contributed by atoms with Crippen molar-refractivity contribution in [1.29, 1.82) is 0 Å². The van der Waals surface area contributed by atoms with Crippen molar-refractivity contribution in [3.8, 4) is 11.5 Å². The standard InChI is InChI=1S/C21H24N2O4/c1-26-20-11-19(8-7-17(20)14-24)27-15-21(25)22-18-9-10-23(13-18)12-16-5-3-2-4-6-16/h2-8,11,14,18H,9-10,12-13,15H2,1H3,(H,22,25)/t18-/m1/s1.